The molecule has 0 bridgehead atoms. The third kappa shape index (κ3) is 4.71. The van der Waals surface area contributed by atoms with Crippen LogP contribution in [0, 0.1) is 11.8 Å². The predicted molar refractivity (Wildman–Crippen MR) is 86.9 cm³/mol. The Morgan fingerprint density at radius 3 is 2.61 bits per heavy atom. The summed E-state index contributed by atoms with van der Waals surface area (Å²) in [5.74, 6) is -0.240. The number of ether oxygens (including phenoxy) is 1. The lowest BCUT2D eigenvalue weighted by molar-refractivity contribution is -0.139. The van der Waals surface area contributed by atoms with E-state index in [1.54, 1.807) is 0 Å². The molecule has 5 heteroatoms. The van der Waals surface area contributed by atoms with Gasteiger partial charge in [0.25, 0.3) is 0 Å². The molecule has 0 heterocycles. The second kappa shape index (κ2) is 7.49. The normalized spacial score (nSPS) is 27.2. The Kier molecular flexibility index (Phi) is 5.64. The first-order valence-corrected chi connectivity index (χ1v) is 8.12. The summed E-state index contributed by atoms with van der Waals surface area (Å²) in [4.78, 5) is 23.4. The summed E-state index contributed by atoms with van der Waals surface area (Å²) in [6.45, 7) is 4.35. The second-order valence-corrected chi connectivity index (χ2v) is 6.69. The largest absolute Gasteiger partial charge is 0.481 e. The van der Waals surface area contributed by atoms with Gasteiger partial charge in [-0.15, -0.1) is 0 Å². The van der Waals surface area contributed by atoms with Gasteiger partial charge in [0.2, 0.25) is 0 Å². The summed E-state index contributed by atoms with van der Waals surface area (Å²) >= 11 is 0. The molecule has 1 aromatic carbocycles. The van der Waals surface area contributed by atoms with E-state index in [0.29, 0.717) is 12.3 Å². The van der Waals surface area contributed by atoms with Crippen molar-refractivity contribution in [3.05, 3.63) is 35.9 Å². The van der Waals surface area contributed by atoms with Crippen molar-refractivity contribution in [2.75, 3.05) is 0 Å². The van der Waals surface area contributed by atoms with Crippen molar-refractivity contribution in [1.29, 1.82) is 0 Å². The number of rotatable bonds is 5. The number of benzene rings is 1. The van der Waals surface area contributed by atoms with Gasteiger partial charge in [-0.25, -0.2) is 4.79 Å². The molecule has 2 rings (SSSR count). The third-order valence-electron chi connectivity index (χ3n) is 4.81. The highest BCUT2D eigenvalue weighted by atomic mass is 16.5. The summed E-state index contributed by atoms with van der Waals surface area (Å²) in [6, 6.07) is 9.42. The second-order valence-electron chi connectivity index (χ2n) is 6.69. The molecule has 126 valence electrons. The first-order chi connectivity index (χ1) is 10.9. The molecule has 0 saturated heterocycles. The molecule has 2 N–H and O–H groups in total. The first-order valence-electron chi connectivity index (χ1n) is 8.12. The number of hydrogen-bond donors (Lipinski definition) is 2. The van der Waals surface area contributed by atoms with Crippen LogP contribution in [0.25, 0.3) is 0 Å². The van der Waals surface area contributed by atoms with Crippen LogP contribution in [0.3, 0.4) is 0 Å². The van der Waals surface area contributed by atoms with Gasteiger partial charge in [0, 0.05) is 0 Å². The van der Waals surface area contributed by atoms with Crippen LogP contribution in [0.4, 0.5) is 4.79 Å². The van der Waals surface area contributed by atoms with Crippen molar-refractivity contribution in [3.63, 3.8) is 0 Å². The van der Waals surface area contributed by atoms with Gasteiger partial charge >= 0.3 is 12.1 Å². The zero-order valence-electron chi connectivity index (χ0n) is 13.7. The molecule has 1 aromatic rings. The van der Waals surface area contributed by atoms with Gasteiger partial charge in [0.1, 0.15) is 6.61 Å². The number of hydrogen-bond acceptors (Lipinski definition) is 3. The quantitative estimate of drug-likeness (QED) is 0.869. The fourth-order valence-electron chi connectivity index (χ4n) is 3.42. The zero-order valence-corrected chi connectivity index (χ0v) is 13.7. The van der Waals surface area contributed by atoms with Crippen molar-refractivity contribution >= 4 is 12.1 Å². The number of alkyl carbamates (subject to hydrolysis) is 1. The lowest BCUT2D eigenvalue weighted by Gasteiger charge is -2.44. The van der Waals surface area contributed by atoms with Crippen LogP contribution in [0.1, 0.15) is 45.1 Å². The molecule has 1 fully saturated rings. The van der Waals surface area contributed by atoms with Crippen molar-refractivity contribution in [3.8, 4) is 0 Å². The molecular formula is C18H25NO4. The summed E-state index contributed by atoms with van der Waals surface area (Å²) < 4.78 is 5.27. The molecule has 0 spiro atoms. The van der Waals surface area contributed by atoms with E-state index in [1.165, 1.54) is 0 Å². The molecule has 23 heavy (non-hydrogen) atoms. The van der Waals surface area contributed by atoms with E-state index < -0.39 is 17.6 Å². The fraction of sp³-hybridized carbons (Fsp3) is 0.556. The number of carbonyl (C=O) groups excluding carboxylic acids is 1. The highest BCUT2D eigenvalue weighted by Gasteiger charge is 2.43. The molecule has 1 amide bonds. The van der Waals surface area contributed by atoms with Gasteiger partial charge in [-0.05, 0) is 36.7 Å². The standard InChI is InChI=1S/C18H25NO4/c1-13-8-9-18(11-16(20)21,14(2)10-13)19-17(22)23-12-15-6-4-3-5-7-15/h3-7,13-14H,8-12H2,1-2H3,(H,19,22)(H,20,21). The molecule has 5 nitrogen and oxygen atoms in total. The predicted octanol–water partition coefficient (Wildman–Crippen LogP) is 3.58. The van der Waals surface area contributed by atoms with Crippen LogP contribution < -0.4 is 5.32 Å². The van der Waals surface area contributed by atoms with E-state index >= 15 is 0 Å². The highest BCUT2D eigenvalue weighted by Crippen LogP contribution is 2.39. The Bertz CT molecular complexity index is 545. The monoisotopic (exact) mass is 319 g/mol. The lowest BCUT2D eigenvalue weighted by atomic mass is 9.68. The van der Waals surface area contributed by atoms with Crippen molar-refractivity contribution in [2.45, 2.75) is 51.7 Å². The van der Waals surface area contributed by atoms with Crippen molar-refractivity contribution < 1.29 is 19.4 Å². The topological polar surface area (TPSA) is 75.6 Å². The summed E-state index contributed by atoms with van der Waals surface area (Å²) in [5, 5.41) is 12.1. The van der Waals surface area contributed by atoms with Gasteiger partial charge in [-0.3, -0.25) is 4.79 Å². The van der Waals surface area contributed by atoms with E-state index in [4.69, 9.17) is 4.74 Å². The van der Waals surface area contributed by atoms with Crippen LogP contribution in [0.15, 0.2) is 30.3 Å². The summed E-state index contributed by atoms with van der Waals surface area (Å²) in [5.41, 5.74) is 0.187. The molecule has 1 aliphatic carbocycles. The molecule has 1 aliphatic rings. The van der Waals surface area contributed by atoms with Gasteiger partial charge < -0.3 is 15.2 Å². The van der Waals surface area contributed by atoms with Crippen molar-refractivity contribution in [1.82, 2.24) is 5.32 Å². The number of carboxylic acids is 1. The number of amides is 1. The Morgan fingerprint density at radius 1 is 1.30 bits per heavy atom. The van der Waals surface area contributed by atoms with E-state index in [2.05, 4.69) is 12.2 Å². The van der Waals surface area contributed by atoms with E-state index in [0.717, 1.165) is 18.4 Å². The van der Waals surface area contributed by atoms with Gasteiger partial charge in [-0.1, -0.05) is 44.2 Å². The Labute approximate surface area is 137 Å². The smallest absolute Gasteiger partial charge is 0.407 e. The van der Waals surface area contributed by atoms with Crippen LogP contribution in [0.5, 0.6) is 0 Å². The first kappa shape index (κ1) is 17.3. The van der Waals surface area contributed by atoms with Gasteiger partial charge in [0.15, 0.2) is 0 Å². The van der Waals surface area contributed by atoms with Crippen LogP contribution in [-0.4, -0.2) is 22.7 Å². The Morgan fingerprint density at radius 2 is 2.00 bits per heavy atom. The number of nitrogens with one attached hydrogen (secondary N) is 1. The van der Waals surface area contributed by atoms with Crippen LogP contribution in [0.2, 0.25) is 0 Å². The molecule has 3 unspecified atom stereocenters. The minimum atomic E-state index is -0.894. The maximum Gasteiger partial charge on any atom is 0.407 e. The number of carboxylic acid groups (broad SMARTS) is 1. The highest BCUT2D eigenvalue weighted by molar-refractivity contribution is 5.73. The number of carbonyl (C=O) groups is 2. The Balaban J connectivity index is 1.99. The number of aliphatic carboxylic acids is 1. The molecule has 0 aliphatic heterocycles. The minimum absolute atomic E-state index is 0.0681. The average molecular weight is 319 g/mol. The average Bonchev–Trinajstić information content (AvgIpc) is 2.50. The van der Waals surface area contributed by atoms with Crippen LogP contribution in [-0.2, 0) is 16.1 Å². The van der Waals surface area contributed by atoms with Crippen molar-refractivity contribution in [2.24, 2.45) is 11.8 Å². The van der Waals surface area contributed by atoms with Crippen LogP contribution >= 0.6 is 0 Å². The van der Waals surface area contributed by atoms with Gasteiger partial charge in [0.05, 0.1) is 12.0 Å². The molecule has 0 radical (unpaired) electrons. The molecule has 0 aromatic heterocycles. The summed E-state index contributed by atoms with van der Waals surface area (Å²) in [7, 11) is 0. The molecule has 3 atom stereocenters. The maximum atomic E-state index is 12.2. The maximum absolute atomic E-state index is 12.2. The molecule has 1 saturated carbocycles. The summed E-state index contributed by atoms with van der Waals surface area (Å²) in [6.07, 6.45) is 1.88. The Hall–Kier alpha value is -2.04. The van der Waals surface area contributed by atoms with E-state index in [1.807, 2.05) is 37.3 Å². The lowest BCUT2D eigenvalue weighted by Crippen LogP contribution is -2.56. The third-order valence-corrected chi connectivity index (χ3v) is 4.81. The van der Waals surface area contributed by atoms with E-state index in [-0.39, 0.29) is 18.9 Å². The SMILES string of the molecule is CC1CCC(CC(=O)O)(NC(=O)OCc2ccccc2)C(C)C1. The minimum Gasteiger partial charge on any atom is -0.481 e. The van der Waals surface area contributed by atoms with E-state index in [9.17, 15) is 14.7 Å². The zero-order chi connectivity index (χ0) is 16.9. The van der Waals surface area contributed by atoms with Gasteiger partial charge in [-0.2, -0.15) is 0 Å². The fourth-order valence-corrected chi connectivity index (χ4v) is 3.42. The molecular weight excluding hydrogens is 294 g/mol.